The van der Waals surface area contributed by atoms with E-state index in [1.165, 1.54) is 23.3 Å². The van der Waals surface area contributed by atoms with E-state index in [2.05, 4.69) is 31.3 Å². The van der Waals surface area contributed by atoms with Gasteiger partial charge in [-0.2, -0.15) is 18.4 Å². The molecule has 10 heteroatoms. The molecule has 0 fully saturated rings. The second-order valence-electron chi connectivity index (χ2n) is 7.44. The van der Waals surface area contributed by atoms with Gasteiger partial charge in [0.25, 0.3) is 0 Å². The lowest BCUT2D eigenvalue weighted by atomic mass is 10.1. The normalized spacial score (nSPS) is 11.6. The van der Waals surface area contributed by atoms with Gasteiger partial charge >= 0.3 is 6.18 Å². The minimum Gasteiger partial charge on any atom is -0.351 e. The van der Waals surface area contributed by atoms with Gasteiger partial charge in [0, 0.05) is 24.6 Å². The van der Waals surface area contributed by atoms with Crippen LogP contribution in [0, 0.1) is 18.3 Å². The molecule has 1 N–H and O–H groups in total. The van der Waals surface area contributed by atoms with Gasteiger partial charge in [-0.25, -0.2) is 15.0 Å². The first kappa shape index (κ1) is 23.2. The molecule has 0 saturated carbocycles. The number of aromatic nitrogens is 5. The molecule has 0 aliphatic rings. The van der Waals surface area contributed by atoms with Crippen LogP contribution in [0.15, 0.2) is 31.0 Å². The quantitative estimate of drug-likeness (QED) is 0.508. The third kappa shape index (κ3) is 5.04. The fourth-order valence-electron chi connectivity index (χ4n) is 3.51. The van der Waals surface area contributed by atoms with Crippen LogP contribution >= 0.6 is 0 Å². The number of anilines is 1. The number of halogens is 3. The van der Waals surface area contributed by atoms with E-state index in [0.717, 1.165) is 31.9 Å². The summed E-state index contributed by atoms with van der Waals surface area (Å²) in [5, 5.41) is 12.6. The number of hydrogen-bond donors (Lipinski definition) is 1. The molecule has 0 radical (unpaired) electrons. The third-order valence-corrected chi connectivity index (χ3v) is 5.04. The summed E-state index contributed by atoms with van der Waals surface area (Å²) in [5.74, 6) is 0.131. The molecule has 3 aromatic heterocycles. The highest BCUT2D eigenvalue weighted by atomic mass is 19.4. The van der Waals surface area contributed by atoms with Crippen molar-refractivity contribution in [1.29, 1.82) is 5.26 Å². The van der Waals surface area contributed by atoms with Crippen LogP contribution in [0.25, 0.3) is 17.1 Å². The molecule has 0 spiro atoms. The Balaban J connectivity index is 2.05. The van der Waals surface area contributed by atoms with E-state index in [1.54, 1.807) is 13.0 Å². The van der Waals surface area contributed by atoms with Crippen LogP contribution < -0.4 is 5.32 Å². The minimum atomic E-state index is -4.64. The van der Waals surface area contributed by atoms with Gasteiger partial charge in [-0.3, -0.25) is 4.98 Å². The molecule has 3 aromatic rings. The minimum absolute atomic E-state index is 0.0312. The number of imidazole rings is 1. The lowest BCUT2D eigenvalue weighted by Crippen LogP contribution is -2.21. The zero-order valence-electron chi connectivity index (χ0n) is 18.1. The number of rotatable bonds is 8. The number of nitrogens with one attached hydrogen (secondary N) is 1. The Bertz CT molecular complexity index is 1110. The SMILES string of the molecule is CCCC(CCC)Nc1ncc(C(F)(F)F)c(-c2cn(-c3ccnc(C)c3C#N)cn2)n1. The van der Waals surface area contributed by atoms with Crippen LogP contribution in [0.2, 0.25) is 0 Å². The van der Waals surface area contributed by atoms with Crippen molar-refractivity contribution in [2.24, 2.45) is 0 Å². The molecule has 3 rings (SSSR count). The molecule has 0 amide bonds. The molecular weight excluding hydrogens is 419 g/mol. The topological polar surface area (TPSA) is 92.3 Å². The van der Waals surface area contributed by atoms with Gasteiger partial charge in [0.1, 0.15) is 29.3 Å². The van der Waals surface area contributed by atoms with Crippen LogP contribution in [0.1, 0.15) is 56.4 Å². The summed E-state index contributed by atoms with van der Waals surface area (Å²) in [6.07, 6.45) is 4.04. The summed E-state index contributed by atoms with van der Waals surface area (Å²) in [7, 11) is 0. The second kappa shape index (κ2) is 9.77. The fraction of sp³-hybridized carbons (Fsp3) is 0.409. The maximum absolute atomic E-state index is 13.7. The Kier molecular flexibility index (Phi) is 7.08. The number of alkyl halides is 3. The summed E-state index contributed by atoms with van der Waals surface area (Å²) in [4.78, 5) is 16.3. The smallest absolute Gasteiger partial charge is 0.351 e. The molecule has 0 bridgehead atoms. The van der Waals surface area contributed by atoms with E-state index >= 15 is 0 Å². The first-order valence-corrected chi connectivity index (χ1v) is 10.4. The fourth-order valence-corrected chi connectivity index (χ4v) is 3.51. The maximum atomic E-state index is 13.7. The number of nitrogens with zero attached hydrogens (tertiary/aromatic N) is 6. The first-order chi connectivity index (χ1) is 15.3. The van der Waals surface area contributed by atoms with Crippen molar-refractivity contribution in [2.45, 2.75) is 58.7 Å². The van der Waals surface area contributed by atoms with Crippen molar-refractivity contribution in [3.05, 3.63) is 47.8 Å². The highest BCUT2D eigenvalue weighted by Gasteiger charge is 2.36. The molecule has 0 atom stereocenters. The summed E-state index contributed by atoms with van der Waals surface area (Å²) in [5.41, 5.74) is 0.0588. The van der Waals surface area contributed by atoms with E-state index in [9.17, 15) is 18.4 Å². The second-order valence-corrected chi connectivity index (χ2v) is 7.44. The van der Waals surface area contributed by atoms with Gasteiger partial charge in [-0.05, 0) is 25.8 Å². The van der Waals surface area contributed by atoms with Crippen molar-refractivity contribution < 1.29 is 13.2 Å². The van der Waals surface area contributed by atoms with E-state index in [0.29, 0.717) is 16.9 Å². The predicted molar refractivity (Wildman–Crippen MR) is 114 cm³/mol. The van der Waals surface area contributed by atoms with Crippen molar-refractivity contribution in [3.63, 3.8) is 0 Å². The van der Waals surface area contributed by atoms with E-state index in [1.807, 2.05) is 13.8 Å². The average Bonchev–Trinajstić information content (AvgIpc) is 3.23. The summed E-state index contributed by atoms with van der Waals surface area (Å²) >= 11 is 0. The lowest BCUT2D eigenvalue weighted by molar-refractivity contribution is -0.137. The summed E-state index contributed by atoms with van der Waals surface area (Å²) in [6, 6.07) is 3.75. The van der Waals surface area contributed by atoms with Gasteiger partial charge in [0.2, 0.25) is 5.95 Å². The molecule has 7 nitrogen and oxygen atoms in total. The van der Waals surface area contributed by atoms with E-state index in [4.69, 9.17) is 0 Å². The molecule has 0 aliphatic carbocycles. The van der Waals surface area contributed by atoms with E-state index < -0.39 is 11.7 Å². The maximum Gasteiger partial charge on any atom is 0.420 e. The zero-order valence-corrected chi connectivity index (χ0v) is 18.1. The Morgan fingerprint density at radius 3 is 2.50 bits per heavy atom. The molecule has 0 aromatic carbocycles. The van der Waals surface area contributed by atoms with Crippen LogP contribution in [-0.2, 0) is 6.18 Å². The molecule has 0 unspecified atom stereocenters. The summed E-state index contributed by atoms with van der Waals surface area (Å²) in [6.45, 7) is 5.78. The highest BCUT2D eigenvalue weighted by molar-refractivity contribution is 5.62. The standard InChI is InChI=1S/C22H24F3N7/c1-4-6-15(7-5-2)30-21-28-11-17(22(23,24)25)20(31-21)18-12-32(13-29-18)19-8-9-27-14(3)16(19)10-26/h8-9,11-13,15H,4-7H2,1-3H3,(H,28,30,31). The number of nitriles is 1. The number of aryl methyl sites for hydroxylation is 1. The van der Waals surface area contributed by atoms with Crippen LogP contribution in [0.5, 0.6) is 0 Å². The lowest BCUT2D eigenvalue weighted by Gasteiger charge is -2.18. The third-order valence-electron chi connectivity index (χ3n) is 5.04. The molecular formula is C22H24F3N7. The van der Waals surface area contributed by atoms with Crippen molar-refractivity contribution in [2.75, 3.05) is 5.32 Å². The monoisotopic (exact) mass is 443 g/mol. The van der Waals surface area contributed by atoms with Gasteiger partial charge < -0.3 is 9.88 Å². The Labute approximate surface area is 184 Å². The van der Waals surface area contributed by atoms with Crippen LogP contribution in [0.3, 0.4) is 0 Å². The Morgan fingerprint density at radius 1 is 1.16 bits per heavy atom. The zero-order chi connectivity index (χ0) is 23.3. The van der Waals surface area contributed by atoms with Crippen molar-refractivity contribution in [3.8, 4) is 23.1 Å². The number of pyridine rings is 1. The van der Waals surface area contributed by atoms with Crippen molar-refractivity contribution >= 4 is 5.95 Å². The Morgan fingerprint density at radius 2 is 1.88 bits per heavy atom. The van der Waals surface area contributed by atoms with Gasteiger partial charge in [-0.15, -0.1) is 0 Å². The van der Waals surface area contributed by atoms with Gasteiger partial charge in [0.15, 0.2) is 0 Å². The van der Waals surface area contributed by atoms with Gasteiger partial charge in [-0.1, -0.05) is 26.7 Å². The molecule has 0 saturated heterocycles. The molecule has 168 valence electrons. The summed E-state index contributed by atoms with van der Waals surface area (Å²) < 4.78 is 42.5. The van der Waals surface area contributed by atoms with Crippen molar-refractivity contribution in [1.82, 2.24) is 24.5 Å². The molecule has 32 heavy (non-hydrogen) atoms. The Hall–Kier alpha value is -3.48. The number of hydrogen-bond acceptors (Lipinski definition) is 6. The highest BCUT2D eigenvalue weighted by Crippen LogP contribution is 2.36. The van der Waals surface area contributed by atoms with Gasteiger partial charge in [0.05, 0.1) is 16.9 Å². The first-order valence-electron chi connectivity index (χ1n) is 10.4. The van der Waals surface area contributed by atoms with Crippen LogP contribution in [0.4, 0.5) is 19.1 Å². The molecule has 0 aliphatic heterocycles. The largest absolute Gasteiger partial charge is 0.420 e. The molecule has 3 heterocycles. The predicted octanol–water partition coefficient (Wildman–Crippen LogP) is 5.30. The average molecular weight is 443 g/mol. The van der Waals surface area contributed by atoms with E-state index in [-0.39, 0.29) is 23.4 Å². The van der Waals surface area contributed by atoms with Crippen LogP contribution in [-0.4, -0.2) is 30.5 Å².